The number of benzene rings is 2. The molecule has 0 unspecified atom stereocenters. The number of rotatable bonds is 7. The number of carbonyl (C=O) groups excluding carboxylic acids is 1. The summed E-state index contributed by atoms with van der Waals surface area (Å²) in [6, 6.07) is 12.4. The van der Waals surface area contributed by atoms with Gasteiger partial charge in [-0.25, -0.2) is 12.7 Å². The lowest BCUT2D eigenvalue weighted by Crippen LogP contribution is -2.28. The predicted octanol–water partition coefficient (Wildman–Crippen LogP) is 3.77. The second kappa shape index (κ2) is 7.85. The van der Waals surface area contributed by atoms with Crippen molar-refractivity contribution in [1.29, 1.82) is 0 Å². The molecule has 1 aliphatic rings. The van der Waals surface area contributed by atoms with E-state index >= 15 is 0 Å². The predicted molar refractivity (Wildman–Crippen MR) is 112 cm³/mol. The fourth-order valence-electron chi connectivity index (χ4n) is 3.05. The lowest BCUT2D eigenvalue weighted by molar-refractivity contribution is -0.118. The smallest absolute Gasteiger partial charge is 0.246 e. The largest absolute Gasteiger partial charge is 0.492 e. The molecule has 150 valence electrons. The molecule has 8 heteroatoms. The number of ether oxygens (including phenoxy) is 1. The molecule has 0 spiro atoms. The third-order valence-corrected chi connectivity index (χ3v) is 7.21. The van der Waals surface area contributed by atoms with Crippen LogP contribution in [0, 0.1) is 0 Å². The van der Waals surface area contributed by atoms with Gasteiger partial charge in [-0.3, -0.25) is 4.79 Å². The lowest BCUT2D eigenvalue weighted by atomic mass is 9.95. The first-order valence-electron chi connectivity index (χ1n) is 8.97. The summed E-state index contributed by atoms with van der Waals surface area (Å²) in [5, 5.41) is 2.89. The molecular formula is C20H23BrN2O4S. The molecule has 1 fully saturated rings. The van der Waals surface area contributed by atoms with E-state index in [1.54, 1.807) is 19.1 Å². The van der Waals surface area contributed by atoms with Gasteiger partial charge in [0.15, 0.2) is 0 Å². The van der Waals surface area contributed by atoms with Gasteiger partial charge in [0.05, 0.1) is 12.0 Å². The molecule has 1 amide bonds. The summed E-state index contributed by atoms with van der Waals surface area (Å²) in [7, 11) is -0.790. The van der Waals surface area contributed by atoms with E-state index in [2.05, 4.69) is 21.2 Å². The SMILES string of the molecule is CCOc1ccc(NC(=O)C2(c3ccc(Br)cc3)CC2)cc1S(=O)(=O)N(C)C. The second-order valence-electron chi connectivity index (χ2n) is 6.93. The van der Waals surface area contributed by atoms with Gasteiger partial charge in [0.2, 0.25) is 15.9 Å². The van der Waals surface area contributed by atoms with Crippen LogP contribution in [0.2, 0.25) is 0 Å². The number of sulfonamides is 1. The van der Waals surface area contributed by atoms with Crippen LogP contribution in [-0.2, 0) is 20.2 Å². The molecule has 0 atom stereocenters. The number of amides is 1. The molecule has 2 aromatic rings. The van der Waals surface area contributed by atoms with Gasteiger partial charge in [-0.05, 0) is 55.7 Å². The molecule has 0 aliphatic heterocycles. The first kappa shape index (κ1) is 20.8. The number of nitrogens with zero attached hydrogens (tertiary/aromatic N) is 1. The topological polar surface area (TPSA) is 75.7 Å². The Kier molecular flexibility index (Phi) is 5.84. The minimum atomic E-state index is -3.71. The summed E-state index contributed by atoms with van der Waals surface area (Å²) < 4.78 is 32.9. The standard InChI is InChI=1S/C20H23BrN2O4S/c1-4-27-17-10-9-16(13-18(17)28(25,26)23(2)3)22-19(24)20(11-12-20)14-5-7-15(21)8-6-14/h5-10,13H,4,11-12H2,1-3H3,(H,22,24). The Labute approximate surface area is 174 Å². The highest BCUT2D eigenvalue weighted by atomic mass is 79.9. The van der Waals surface area contributed by atoms with Gasteiger partial charge in [-0.2, -0.15) is 0 Å². The Balaban J connectivity index is 1.90. The summed E-state index contributed by atoms with van der Waals surface area (Å²) >= 11 is 3.41. The Hall–Kier alpha value is -1.90. The summed E-state index contributed by atoms with van der Waals surface area (Å²) in [4.78, 5) is 13.0. The van der Waals surface area contributed by atoms with Crippen LogP contribution in [0.15, 0.2) is 51.8 Å². The van der Waals surface area contributed by atoms with Crippen molar-refractivity contribution in [3.05, 3.63) is 52.5 Å². The van der Waals surface area contributed by atoms with Crippen molar-refractivity contribution in [1.82, 2.24) is 4.31 Å². The Bertz CT molecular complexity index is 984. The Morgan fingerprint density at radius 1 is 1.18 bits per heavy atom. The van der Waals surface area contributed by atoms with Crippen molar-refractivity contribution in [2.24, 2.45) is 0 Å². The van der Waals surface area contributed by atoms with Gasteiger partial charge < -0.3 is 10.1 Å². The highest BCUT2D eigenvalue weighted by Crippen LogP contribution is 2.49. The van der Waals surface area contributed by atoms with E-state index in [1.165, 1.54) is 20.2 Å². The molecule has 1 saturated carbocycles. The molecule has 0 aromatic heterocycles. The zero-order valence-corrected chi connectivity index (χ0v) is 18.4. The van der Waals surface area contributed by atoms with E-state index in [0.717, 1.165) is 27.2 Å². The molecule has 0 bridgehead atoms. The maximum Gasteiger partial charge on any atom is 0.246 e. The van der Waals surface area contributed by atoms with Crippen molar-refractivity contribution in [3.8, 4) is 5.75 Å². The summed E-state index contributed by atoms with van der Waals surface area (Å²) in [6.45, 7) is 2.13. The summed E-state index contributed by atoms with van der Waals surface area (Å²) in [5.74, 6) is 0.135. The zero-order chi connectivity index (χ0) is 20.5. The van der Waals surface area contributed by atoms with Gasteiger partial charge in [-0.15, -0.1) is 0 Å². The fraction of sp³-hybridized carbons (Fsp3) is 0.350. The van der Waals surface area contributed by atoms with E-state index in [0.29, 0.717) is 12.3 Å². The molecule has 0 heterocycles. The zero-order valence-electron chi connectivity index (χ0n) is 16.0. The van der Waals surface area contributed by atoms with Gasteiger partial charge in [0.25, 0.3) is 0 Å². The van der Waals surface area contributed by atoms with Crippen LogP contribution in [0.3, 0.4) is 0 Å². The number of anilines is 1. The highest BCUT2D eigenvalue weighted by molar-refractivity contribution is 9.10. The molecule has 1 N–H and O–H groups in total. The lowest BCUT2D eigenvalue weighted by Gasteiger charge is -2.19. The normalized spacial score (nSPS) is 15.3. The first-order chi connectivity index (χ1) is 13.2. The van der Waals surface area contributed by atoms with Gasteiger partial charge in [-0.1, -0.05) is 28.1 Å². The average molecular weight is 467 g/mol. The molecule has 1 aliphatic carbocycles. The van der Waals surface area contributed by atoms with Crippen molar-refractivity contribution in [2.75, 3.05) is 26.0 Å². The van der Waals surface area contributed by atoms with E-state index < -0.39 is 15.4 Å². The van der Waals surface area contributed by atoms with Crippen LogP contribution in [0.5, 0.6) is 5.75 Å². The van der Waals surface area contributed by atoms with E-state index in [9.17, 15) is 13.2 Å². The molecule has 28 heavy (non-hydrogen) atoms. The second-order valence-corrected chi connectivity index (χ2v) is 9.96. The number of hydrogen-bond acceptors (Lipinski definition) is 4. The molecule has 0 radical (unpaired) electrons. The Morgan fingerprint density at radius 3 is 2.36 bits per heavy atom. The highest BCUT2D eigenvalue weighted by Gasteiger charge is 2.51. The molecule has 3 rings (SSSR count). The van der Waals surface area contributed by atoms with Crippen LogP contribution in [0.25, 0.3) is 0 Å². The number of halogens is 1. The van der Waals surface area contributed by atoms with Crippen molar-refractivity contribution in [2.45, 2.75) is 30.1 Å². The van der Waals surface area contributed by atoms with Gasteiger partial charge in [0, 0.05) is 24.3 Å². The quantitative estimate of drug-likeness (QED) is 0.673. The molecule has 6 nitrogen and oxygen atoms in total. The summed E-state index contributed by atoms with van der Waals surface area (Å²) in [5.41, 5.74) is 0.831. The van der Waals surface area contributed by atoms with Gasteiger partial charge >= 0.3 is 0 Å². The van der Waals surface area contributed by atoms with E-state index in [-0.39, 0.29) is 16.6 Å². The Morgan fingerprint density at radius 2 is 1.82 bits per heavy atom. The molecule has 2 aromatic carbocycles. The maximum absolute atomic E-state index is 13.0. The van der Waals surface area contributed by atoms with Crippen molar-refractivity contribution >= 4 is 37.5 Å². The number of carbonyl (C=O) groups is 1. The first-order valence-corrected chi connectivity index (χ1v) is 11.2. The average Bonchev–Trinajstić information content (AvgIpc) is 3.45. The van der Waals surface area contributed by atoms with Gasteiger partial charge in [0.1, 0.15) is 10.6 Å². The minimum Gasteiger partial charge on any atom is -0.492 e. The summed E-state index contributed by atoms with van der Waals surface area (Å²) in [6.07, 6.45) is 1.53. The fourth-order valence-corrected chi connectivity index (χ4v) is 4.37. The van der Waals surface area contributed by atoms with Crippen molar-refractivity contribution in [3.63, 3.8) is 0 Å². The van der Waals surface area contributed by atoms with Crippen LogP contribution < -0.4 is 10.1 Å². The minimum absolute atomic E-state index is 0.0330. The van der Waals surface area contributed by atoms with Crippen LogP contribution >= 0.6 is 15.9 Å². The van der Waals surface area contributed by atoms with E-state index in [4.69, 9.17) is 4.74 Å². The van der Waals surface area contributed by atoms with E-state index in [1.807, 2.05) is 24.3 Å². The van der Waals surface area contributed by atoms with Crippen LogP contribution in [-0.4, -0.2) is 39.3 Å². The van der Waals surface area contributed by atoms with Crippen molar-refractivity contribution < 1.29 is 17.9 Å². The maximum atomic E-state index is 13.0. The molecule has 0 saturated heterocycles. The monoisotopic (exact) mass is 466 g/mol. The number of nitrogens with one attached hydrogen (secondary N) is 1. The van der Waals surface area contributed by atoms with Crippen LogP contribution in [0.1, 0.15) is 25.3 Å². The van der Waals surface area contributed by atoms with Crippen LogP contribution in [0.4, 0.5) is 5.69 Å². The third-order valence-electron chi connectivity index (χ3n) is 4.84. The third kappa shape index (κ3) is 3.94. The number of hydrogen-bond donors (Lipinski definition) is 1. The molecular weight excluding hydrogens is 444 g/mol.